The number of amides is 1. The van der Waals surface area contributed by atoms with Crippen LogP contribution in [0.1, 0.15) is 36.3 Å². The molecule has 0 aliphatic heterocycles. The van der Waals surface area contributed by atoms with E-state index in [0.717, 1.165) is 17.7 Å². The Bertz CT molecular complexity index is 671. The van der Waals surface area contributed by atoms with E-state index in [4.69, 9.17) is 11.6 Å². The summed E-state index contributed by atoms with van der Waals surface area (Å²) in [5.74, 6) is 0.928. The monoisotopic (exact) mass is 332 g/mol. The van der Waals surface area contributed by atoms with Crippen molar-refractivity contribution in [1.82, 2.24) is 15.3 Å². The summed E-state index contributed by atoms with van der Waals surface area (Å²) in [7, 11) is 0. The second-order valence-electron chi connectivity index (χ2n) is 5.81. The van der Waals surface area contributed by atoms with Crippen LogP contribution >= 0.6 is 11.6 Å². The SMILES string of the molecule is Cc1cc(Cl)ccc1Nc1cnc(C(=O)NCCC(C)C)cn1. The van der Waals surface area contributed by atoms with Gasteiger partial charge in [-0.3, -0.25) is 4.79 Å². The van der Waals surface area contributed by atoms with Crippen molar-refractivity contribution in [2.45, 2.75) is 27.2 Å². The molecule has 1 aromatic carbocycles. The average molecular weight is 333 g/mol. The Morgan fingerprint density at radius 3 is 2.65 bits per heavy atom. The summed E-state index contributed by atoms with van der Waals surface area (Å²) < 4.78 is 0. The van der Waals surface area contributed by atoms with Crippen LogP contribution in [0.5, 0.6) is 0 Å². The average Bonchev–Trinajstić information content (AvgIpc) is 2.50. The first kappa shape index (κ1) is 17.2. The van der Waals surface area contributed by atoms with Gasteiger partial charge in [0.15, 0.2) is 0 Å². The molecule has 0 saturated carbocycles. The summed E-state index contributed by atoms with van der Waals surface area (Å²) in [4.78, 5) is 20.3. The Morgan fingerprint density at radius 1 is 1.26 bits per heavy atom. The molecule has 0 atom stereocenters. The highest BCUT2D eigenvalue weighted by molar-refractivity contribution is 6.30. The highest BCUT2D eigenvalue weighted by Crippen LogP contribution is 2.22. The van der Waals surface area contributed by atoms with Gasteiger partial charge in [-0.1, -0.05) is 25.4 Å². The fraction of sp³-hybridized carbons (Fsp3) is 0.353. The van der Waals surface area contributed by atoms with Gasteiger partial charge in [-0.15, -0.1) is 0 Å². The zero-order valence-corrected chi connectivity index (χ0v) is 14.3. The molecule has 0 aliphatic carbocycles. The lowest BCUT2D eigenvalue weighted by Gasteiger charge is -2.09. The summed E-state index contributed by atoms with van der Waals surface area (Å²) in [6, 6.07) is 5.56. The number of aryl methyl sites for hydroxylation is 1. The van der Waals surface area contributed by atoms with E-state index in [1.54, 1.807) is 12.3 Å². The number of benzene rings is 1. The minimum atomic E-state index is -0.202. The van der Waals surface area contributed by atoms with Gasteiger partial charge in [-0.2, -0.15) is 0 Å². The molecule has 0 unspecified atom stereocenters. The quantitative estimate of drug-likeness (QED) is 0.840. The van der Waals surface area contributed by atoms with E-state index in [1.165, 1.54) is 6.20 Å². The Labute approximate surface area is 141 Å². The van der Waals surface area contributed by atoms with E-state index in [9.17, 15) is 4.79 Å². The number of rotatable bonds is 6. The molecule has 0 aliphatic rings. The van der Waals surface area contributed by atoms with Gasteiger partial charge in [0.25, 0.3) is 5.91 Å². The van der Waals surface area contributed by atoms with E-state index in [1.807, 2.05) is 19.1 Å². The summed E-state index contributed by atoms with van der Waals surface area (Å²) in [5.41, 5.74) is 2.22. The van der Waals surface area contributed by atoms with Crippen LogP contribution in [0, 0.1) is 12.8 Å². The lowest BCUT2D eigenvalue weighted by molar-refractivity contribution is 0.0946. The minimum absolute atomic E-state index is 0.202. The van der Waals surface area contributed by atoms with Gasteiger partial charge < -0.3 is 10.6 Å². The molecule has 2 rings (SSSR count). The van der Waals surface area contributed by atoms with Gasteiger partial charge in [0, 0.05) is 17.3 Å². The summed E-state index contributed by atoms with van der Waals surface area (Å²) in [6.07, 6.45) is 3.96. The first-order valence-electron chi connectivity index (χ1n) is 7.59. The molecule has 0 saturated heterocycles. The third-order valence-electron chi connectivity index (χ3n) is 3.34. The van der Waals surface area contributed by atoms with Gasteiger partial charge in [-0.05, 0) is 43.0 Å². The molecule has 5 nitrogen and oxygen atoms in total. The molecule has 0 bridgehead atoms. The number of halogens is 1. The van der Waals surface area contributed by atoms with Gasteiger partial charge in [0.05, 0.1) is 12.4 Å². The number of nitrogens with one attached hydrogen (secondary N) is 2. The third-order valence-corrected chi connectivity index (χ3v) is 3.58. The van der Waals surface area contributed by atoms with Crippen molar-refractivity contribution in [3.05, 3.63) is 46.9 Å². The van der Waals surface area contributed by atoms with Crippen LogP contribution in [-0.2, 0) is 0 Å². The van der Waals surface area contributed by atoms with Crippen LogP contribution in [0.3, 0.4) is 0 Å². The molecule has 2 aromatic rings. The number of nitrogens with zero attached hydrogens (tertiary/aromatic N) is 2. The fourth-order valence-corrected chi connectivity index (χ4v) is 2.21. The van der Waals surface area contributed by atoms with Crippen molar-refractivity contribution in [3.8, 4) is 0 Å². The molecule has 0 radical (unpaired) electrons. The Balaban J connectivity index is 1.97. The van der Waals surface area contributed by atoms with Crippen LogP contribution in [0.4, 0.5) is 11.5 Å². The topological polar surface area (TPSA) is 66.9 Å². The Morgan fingerprint density at radius 2 is 2.04 bits per heavy atom. The van der Waals surface area contributed by atoms with Crippen LogP contribution in [0.25, 0.3) is 0 Å². The van der Waals surface area contributed by atoms with Crippen molar-refractivity contribution >= 4 is 29.0 Å². The number of aromatic nitrogens is 2. The summed E-state index contributed by atoms with van der Waals surface area (Å²) in [6.45, 7) is 6.83. The van der Waals surface area contributed by atoms with Crippen molar-refractivity contribution < 1.29 is 4.79 Å². The highest BCUT2D eigenvalue weighted by Gasteiger charge is 2.08. The molecule has 0 fully saturated rings. The predicted molar refractivity (Wildman–Crippen MR) is 93.3 cm³/mol. The number of carbonyl (C=O) groups excluding carboxylic acids is 1. The maximum Gasteiger partial charge on any atom is 0.271 e. The zero-order valence-electron chi connectivity index (χ0n) is 13.6. The van der Waals surface area contributed by atoms with Gasteiger partial charge >= 0.3 is 0 Å². The maximum atomic E-state index is 11.9. The summed E-state index contributed by atoms with van der Waals surface area (Å²) >= 11 is 5.94. The number of carbonyl (C=O) groups is 1. The molecule has 23 heavy (non-hydrogen) atoms. The standard InChI is InChI=1S/C17H21ClN4O/c1-11(2)6-7-19-17(23)15-9-21-16(10-20-15)22-14-5-4-13(18)8-12(14)3/h4-5,8-11H,6-7H2,1-3H3,(H,19,23)(H,21,22). The van der Waals surface area contributed by atoms with Gasteiger partial charge in [0.2, 0.25) is 0 Å². The molecule has 122 valence electrons. The second-order valence-corrected chi connectivity index (χ2v) is 6.25. The van der Waals surface area contributed by atoms with E-state index in [0.29, 0.717) is 29.0 Å². The summed E-state index contributed by atoms with van der Waals surface area (Å²) in [5, 5.41) is 6.69. The van der Waals surface area contributed by atoms with Crippen LogP contribution < -0.4 is 10.6 Å². The Kier molecular flexibility index (Phi) is 5.93. The lowest BCUT2D eigenvalue weighted by Crippen LogP contribution is -2.26. The van der Waals surface area contributed by atoms with Crippen molar-refractivity contribution in [1.29, 1.82) is 0 Å². The van der Waals surface area contributed by atoms with Crippen LogP contribution in [0.2, 0.25) is 5.02 Å². The van der Waals surface area contributed by atoms with E-state index >= 15 is 0 Å². The number of anilines is 2. The lowest BCUT2D eigenvalue weighted by atomic mass is 10.1. The van der Waals surface area contributed by atoms with Crippen LogP contribution in [0.15, 0.2) is 30.6 Å². The predicted octanol–water partition coefficient (Wildman–Crippen LogP) is 3.96. The first-order chi connectivity index (χ1) is 11.0. The van der Waals surface area contributed by atoms with Crippen LogP contribution in [-0.4, -0.2) is 22.4 Å². The van der Waals surface area contributed by atoms with Crippen molar-refractivity contribution in [2.24, 2.45) is 5.92 Å². The Hall–Kier alpha value is -2.14. The van der Waals surface area contributed by atoms with Crippen molar-refractivity contribution in [3.63, 3.8) is 0 Å². The highest BCUT2D eigenvalue weighted by atomic mass is 35.5. The van der Waals surface area contributed by atoms with E-state index in [2.05, 4.69) is 34.4 Å². The largest absolute Gasteiger partial charge is 0.351 e. The fourth-order valence-electron chi connectivity index (χ4n) is 1.98. The molecular formula is C17H21ClN4O. The van der Waals surface area contributed by atoms with Gasteiger partial charge in [-0.25, -0.2) is 9.97 Å². The molecule has 0 spiro atoms. The van der Waals surface area contributed by atoms with Crippen molar-refractivity contribution in [2.75, 3.05) is 11.9 Å². The molecular weight excluding hydrogens is 312 g/mol. The second kappa shape index (κ2) is 7.92. The molecule has 1 aromatic heterocycles. The third kappa shape index (κ3) is 5.21. The van der Waals surface area contributed by atoms with E-state index < -0.39 is 0 Å². The van der Waals surface area contributed by atoms with Gasteiger partial charge in [0.1, 0.15) is 11.5 Å². The normalized spacial score (nSPS) is 10.7. The molecule has 1 heterocycles. The van der Waals surface area contributed by atoms with E-state index in [-0.39, 0.29) is 5.91 Å². The molecule has 2 N–H and O–H groups in total. The first-order valence-corrected chi connectivity index (χ1v) is 7.97. The minimum Gasteiger partial charge on any atom is -0.351 e. The maximum absolute atomic E-state index is 11.9. The number of hydrogen-bond acceptors (Lipinski definition) is 4. The number of hydrogen-bond donors (Lipinski definition) is 2. The smallest absolute Gasteiger partial charge is 0.271 e. The molecule has 6 heteroatoms. The zero-order chi connectivity index (χ0) is 16.8. The molecule has 1 amide bonds.